The average molecular weight is 168 g/mol. The van der Waals surface area contributed by atoms with Gasteiger partial charge in [-0.15, -0.1) is 12.4 Å². The summed E-state index contributed by atoms with van der Waals surface area (Å²) in [6.45, 7) is 6.83. The topological polar surface area (TPSA) is 35.0 Å². The normalized spacial score (nSPS) is 8.40. The summed E-state index contributed by atoms with van der Waals surface area (Å²) in [7, 11) is 0. The van der Waals surface area contributed by atoms with Crippen LogP contribution >= 0.6 is 12.4 Å². The molecule has 0 bridgehead atoms. The lowest BCUT2D eigenvalue weighted by molar-refractivity contribution is 0.451. The van der Waals surface area contributed by atoms with Crippen molar-refractivity contribution in [2.45, 2.75) is 46.5 Å². The Kier molecular flexibility index (Phi) is 20.0. The minimum atomic E-state index is 0. The van der Waals surface area contributed by atoms with Gasteiger partial charge in [0.15, 0.2) is 0 Å². The molecule has 0 aromatic carbocycles. The van der Waals surface area contributed by atoms with Gasteiger partial charge in [-0.25, -0.2) is 0 Å². The fourth-order valence-corrected chi connectivity index (χ4v) is 1.11. The summed E-state index contributed by atoms with van der Waals surface area (Å²) in [5.74, 6) is 1.000. The Morgan fingerprint density at radius 2 is 1.40 bits per heavy atom. The zero-order chi connectivity index (χ0) is 6.41. The van der Waals surface area contributed by atoms with Gasteiger partial charge in [-0.1, -0.05) is 46.5 Å². The summed E-state index contributed by atoms with van der Waals surface area (Å²) >= 11 is 0. The predicted molar refractivity (Wildman–Crippen MR) is 51.3 cm³/mol. The van der Waals surface area contributed by atoms with Crippen LogP contribution in [0.1, 0.15) is 46.5 Å². The van der Waals surface area contributed by atoms with E-state index in [4.69, 9.17) is 0 Å². The van der Waals surface area contributed by atoms with Crippen molar-refractivity contribution >= 4 is 12.4 Å². The Hall–Kier alpha value is 0.250. The molecule has 0 saturated carbocycles. The zero-order valence-electron chi connectivity index (χ0n) is 7.52. The molecule has 3 N–H and O–H groups in total. The summed E-state index contributed by atoms with van der Waals surface area (Å²) in [6.07, 6.45) is 5.51. The van der Waals surface area contributed by atoms with E-state index in [0.717, 1.165) is 5.92 Å². The lowest BCUT2D eigenvalue weighted by Crippen LogP contribution is -1.94. The second-order valence-corrected chi connectivity index (χ2v) is 2.47. The van der Waals surface area contributed by atoms with Crippen LogP contribution in [0.3, 0.4) is 0 Å². The maximum atomic E-state index is 2.28. The minimum absolute atomic E-state index is 0. The van der Waals surface area contributed by atoms with E-state index in [0.29, 0.717) is 0 Å². The summed E-state index contributed by atoms with van der Waals surface area (Å²) < 4.78 is 0. The van der Waals surface area contributed by atoms with E-state index in [1.165, 1.54) is 25.7 Å². The van der Waals surface area contributed by atoms with Crippen molar-refractivity contribution < 1.29 is 0 Å². The smallest absolute Gasteiger partial charge is 0.0420 e. The van der Waals surface area contributed by atoms with Gasteiger partial charge >= 0.3 is 0 Å². The van der Waals surface area contributed by atoms with Crippen molar-refractivity contribution in [1.29, 1.82) is 0 Å². The van der Waals surface area contributed by atoms with Crippen molar-refractivity contribution in [3.63, 3.8) is 0 Å². The van der Waals surface area contributed by atoms with Gasteiger partial charge in [0.2, 0.25) is 0 Å². The Morgan fingerprint density at radius 3 is 1.50 bits per heavy atom. The highest BCUT2D eigenvalue weighted by molar-refractivity contribution is 5.85. The molecule has 0 radical (unpaired) electrons. The second-order valence-electron chi connectivity index (χ2n) is 2.47. The molecule has 0 aliphatic carbocycles. The van der Waals surface area contributed by atoms with Crippen LogP contribution < -0.4 is 6.15 Å². The van der Waals surface area contributed by atoms with E-state index >= 15 is 0 Å². The largest absolute Gasteiger partial charge is 0.344 e. The third-order valence-electron chi connectivity index (χ3n) is 1.85. The van der Waals surface area contributed by atoms with Crippen LogP contribution in [0, 0.1) is 5.92 Å². The number of hydrogen-bond acceptors (Lipinski definition) is 1. The fourth-order valence-electron chi connectivity index (χ4n) is 1.11. The summed E-state index contributed by atoms with van der Waals surface area (Å²) in [4.78, 5) is 0. The predicted octanol–water partition coefficient (Wildman–Crippen LogP) is 3.81. The summed E-state index contributed by atoms with van der Waals surface area (Å²) in [5, 5.41) is 0. The number of halogens is 1. The Labute approximate surface area is 71.6 Å². The quantitative estimate of drug-likeness (QED) is 0.679. The third kappa shape index (κ3) is 8.25. The van der Waals surface area contributed by atoms with Gasteiger partial charge in [0, 0.05) is 0 Å². The molecular weight excluding hydrogens is 146 g/mol. The number of rotatable bonds is 4. The molecule has 0 spiro atoms. The maximum Gasteiger partial charge on any atom is -0.0420 e. The molecule has 0 aromatic heterocycles. The van der Waals surface area contributed by atoms with E-state index in [2.05, 4.69) is 20.8 Å². The summed E-state index contributed by atoms with van der Waals surface area (Å²) in [6, 6.07) is 0. The van der Waals surface area contributed by atoms with Crippen LogP contribution in [0.5, 0.6) is 0 Å². The van der Waals surface area contributed by atoms with Crippen molar-refractivity contribution in [3.05, 3.63) is 0 Å². The van der Waals surface area contributed by atoms with Crippen LogP contribution in [0.15, 0.2) is 0 Å². The average Bonchev–Trinajstić information content (AvgIpc) is 1.83. The highest BCUT2D eigenvalue weighted by atomic mass is 35.5. The molecule has 0 saturated heterocycles. The first kappa shape index (κ1) is 16.7. The van der Waals surface area contributed by atoms with E-state index in [1.54, 1.807) is 0 Å². The SMILES string of the molecule is CCCC(CC)CC.Cl.N. The molecule has 0 aliphatic rings. The summed E-state index contributed by atoms with van der Waals surface area (Å²) in [5.41, 5.74) is 0. The molecular formula is C8H22ClN. The van der Waals surface area contributed by atoms with Gasteiger partial charge in [0.25, 0.3) is 0 Å². The zero-order valence-corrected chi connectivity index (χ0v) is 8.34. The van der Waals surface area contributed by atoms with Gasteiger partial charge in [-0.2, -0.15) is 0 Å². The molecule has 1 nitrogen and oxygen atoms in total. The molecule has 0 atom stereocenters. The van der Waals surface area contributed by atoms with Crippen molar-refractivity contribution in [2.24, 2.45) is 5.92 Å². The molecule has 0 fully saturated rings. The van der Waals surface area contributed by atoms with Crippen LogP contribution in [-0.4, -0.2) is 0 Å². The van der Waals surface area contributed by atoms with Gasteiger partial charge in [0.1, 0.15) is 0 Å². The Bertz CT molecular complexity index is 44.5. The first-order valence-corrected chi connectivity index (χ1v) is 3.85. The highest BCUT2D eigenvalue weighted by Gasteiger charge is 1.98. The van der Waals surface area contributed by atoms with Gasteiger partial charge in [-0.3, -0.25) is 0 Å². The first-order valence-electron chi connectivity index (χ1n) is 3.85. The lowest BCUT2D eigenvalue weighted by Gasteiger charge is -2.08. The van der Waals surface area contributed by atoms with Gasteiger partial charge in [-0.05, 0) is 5.92 Å². The monoisotopic (exact) mass is 167 g/mol. The second kappa shape index (κ2) is 12.0. The molecule has 0 unspecified atom stereocenters. The molecule has 0 aliphatic heterocycles. The first-order chi connectivity index (χ1) is 3.85. The fraction of sp³-hybridized carbons (Fsp3) is 1.00. The lowest BCUT2D eigenvalue weighted by atomic mass is 9.98. The van der Waals surface area contributed by atoms with Crippen LogP contribution in [0.25, 0.3) is 0 Å². The van der Waals surface area contributed by atoms with Crippen LogP contribution in [0.2, 0.25) is 0 Å². The Balaban J connectivity index is -0.000000245. The molecule has 0 heterocycles. The third-order valence-corrected chi connectivity index (χ3v) is 1.85. The number of hydrogen-bond donors (Lipinski definition) is 1. The standard InChI is InChI=1S/C8H18.ClH.H3N/c1-4-7-8(5-2)6-3;;/h8H,4-7H2,1-3H3;1H;1H3. The van der Waals surface area contributed by atoms with Crippen molar-refractivity contribution in [2.75, 3.05) is 0 Å². The van der Waals surface area contributed by atoms with Gasteiger partial charge in [0.05, 0.1) is 0 Å². The van der Waals surface area contributed by atoms with E-state index in [9.17, 15) is 0 Å². The molecule has 0 amide bonds. The van der Waals surface area contributed by atoms with Crippen LogP contribution in [0.4, 0.5) is 0 Å². The maximum absolute atomic E-state index is 2.28. The molecule has 10 heavy (non-hydrogen) atoms. The molecule has 2 heteroatoms. The molecule has 0 aromatic rings. The van der Waals surface area contributed by atoms with Crippen molar-refractivity contribution in [1.82, 2.24) is 6.15 Å². The van der Waals surface area contributed by atoms with Crippen LogP contribution in [-0.2, 0) is 0 Å². The van der Waals surface area contributed by atoms with E-state index < -0.39 is 0 Å². The Morgan fingerprint density at radius 1 is 1.00 bits per heavy atom. The molecule has 66 valence electrons. The molecule has 0 rings (SSSR count). The minimum Gasteiger partial charge on any atom is -0.344 e. The van der Waals surface area contributed by atoms with E-state index in [1.807, 2.05) is 0 Å². The van der Waals surface area contributed by atoms with E-state index in [-0.39, 0.29) is 18.6 Å². The highest BCUT2D eigenvalue weighted by Crippen LogP contribution is 2.13. The van der Waals surface area contributed by atoms with Gasteiger partial charge < -0.3 is 6.15 Å². The van der Waals surface area contributed by atoms with Crippen molar-refractivity contribution in [3.8, 4) is 0 Å².